The molecule has 19 heavy (non-hydrogen) atoms. The molecule has 2 heterocycles. The summed E-state index contributed by atoms with van der Waals surface area (Å²) in [6.07, 6.45) is 4.03. The van der Waals surface area contributed by atoms with Crippen LogP contribution in [0.1, 0.15) is 18.5 Å². The molecule has 0 bridgehead atoms. The number of carbonyl (C=O) groups excluding carboxylic acids is 1. The Morgan fingerprint density at radius 2 is 2.05 bits per heavy atom. The number of carbonyl (C=O) groups is 1. The Labute approximate surface area is 115 Å². The van der Waals surface area contributed by atoms with Gasteiger partial charge in [-0.3, -0.25) is 4.79 Å². The molecule has 1 fully saturated rings. The molecule has 0 radical (unpaired) electrons. The maximum absolute atomic E-state index is 12.2. The maximum atomic E-state index is 12.2. The topological polar surface area (TPSA) is 40.5 Å². The molecule has 2 rings (SSSR count). The molecule has 1 saturated heterocycles. The third kappa shape index (κ3) is 3.58. The quantitative estimate of drug-likeness (QED) is 0.863. The van der Waals surface area contributed by atoms with Crippen LogP contribution < -0.4 is 5.32 Å². The van der Waals surface area contributed by atoms with Crippen LogP contribution in [0.4, 0.5) is 0 Å². The number of nitrogens with one attached hydrogen (secondary N) is 1. The SMILES string of the molecule is CNC(C)c1ccn(CC(=O)N2CCN(C)CC2)c1. The molecular formula is C14H24N4O. The van der Waals surface area contributed by atoms with E-state index in [1.165, 1.54) is 5.56 Å². The molecule has 1 aromatic rings. The minimum absolute atomic E-state index is 0.215. The van der Waals surface area contributed by atoms with Gasteiger partial charge in [0.1, 0.15) is 6.54 Å². The zero-order valence-electron chi connectivity index (χ0n) is 12.1. The summed E-state index contributed by atoms with van der Waals surface area (Å²) in [7, 11) is 4.04. The Morgan fingerprint density at radius 3 is 2.68 bits per heavy atom. The normalized spacial score (nSPS) is 18.6. The summed E-state index contributed by atoms with van der Waals surface area (Å²) < 4.78 is 1.98. The van der Waals surface area contributed by atoms with Crippen LogP contribution in [0.15, 0.2) is 18.5 Å². The van der Waals surface area contributed by atoms with Gasteiger partial charge in [-0.2, -0.15) is 0 Å². The zero-order chi connectivity index (χ0) is 13.8. The largest absolute Gasteiger partial charge is 0.345 e. The van der Waals surface area contributed by atoms with Crippen LogP contribution in [-0.2, 0) is 11.3 Å². The molecule has 1 aliphatic heterocycles. The first-order valence-corrected chi connectivity index (χ1v) is 6.89. The van der Waals surface area contributed by atoms with Crippen LogP contribution >= 0.6 is 0 Å². The van der Waals surface area contributed by atoms with E-state index in [2.05, 4.69) is 36.5 Å². The summed E-state index contributed by atoms with van der Waals surface area (Å²) in [4.78, 5) is 16.4. The lowest BCUT2D eigenvalue weighted by molar-refractivity contribution is -0.133. The molecule has 1 N–H and O–H groups in total. The minimum atomic E-state index is 0.215. The third-order valence-electron chi connectivity index (χ3n) is 3.88. The molecule has 106 valence electrons. The second-order valence-corrected chi connectivity index (χ2v) is 5.31. The smallest absolute Gasteiger partial charge is 0.242 e. The van der Waals surface area contributed by atoms with E-state index in [0.29, 0.717) is 12.6 Å². The monoisotopic (exact) mass is 264 g/mol. The molecule has 1 atom stereocenters. The van der Waals surface area contributed by atoms with Crippen molar-refractivity contribution in [3.8, 4) is 0 Å². The van der Waals surface area contributed by atoms with E-state index in [4.69, 9.17) is 0 Å². The Bertz CT molecular complexity index is 421. The van der Waals surface area contributed by atoms with Gasteiger partial charge >= 0.3 is 0 Å². The Balaban J connectivity index is 1.90. The second-order valence-electron chi connectivity index (χ2n) is 5.31. The molecule has 1 amide bonds. The van der Waals surface area contributed by atoms with E-state index in [0.717, 1.165) is 26.2 Å². The predicted molar refractivity (Wildman–Crippen MR) is 76.0 cm³/mol. The van der Waals surface area contributed by atoms with Gasteiger partial charge < -0.3 is 19.7 Å². The summed E-state index contributed by atoms with van der Waals surface area (Å²) in [6.45, 7) is 6.19. The highest BCUT2D eigenvalue weighted by atomic mass is 16.2. The number of hydrogen-bond donors (Lipinski definition) is 1. The second kappa shape index (κ2) is 6.21. The van der Waals surface area contributed by atoms with Crippen LogP contribution in [0.2, 0.25) is 0 Å². The highest BCUT2D eigenvalue weighted by Crippen LogP contribution is 2.12. The van der Waals surface area contributed by atoms with Gasteiger partial charge in [0, 0.05) is 44.6 Å². The predicted octanol–water partition coefficient (Wildman–Crippen LogP) is 0.543. The molecule has 1 unspecified atom stereocenters. The van der Waals surface area contributed by atoms with Crippen LogP contribution in [-0.4, -0.2) is 60.5 Å². The number of hydrogen-bond acceptors (Lipinski definition) is 3. The van der Waals surface area contributed by atoms with E-state index in [1.54, 1.807) is 0 Å². The van der Waals surface area contributed by atoms with Gasteiger partial charge in [0.05, 0.1) is 0 Å². The van der Waals surface area contributed by atoms with Crippen molar-refractivity contribution in [3.63, 3.8) is 0 Å². The fourth-order valence-electron chi connectivity index (χ4n) is 2.29. The first kappa shape index (κ1) is 14.1. The maximum Gasteiger partial charge on any atom is 0.242 e. The number of rotatable bonds is 4. The highest BCUT2D eigenvalue weighted by Gasteiger charge is 2.19. The van der Waals surface area contributed by atoms with Crippen molar-refractivity contribution in [1.29, 1.82) is 0 Å². The van der Waals surface area contributed by atoms with Gasteiger partial charge in [0.15, 0.2) is 0 Å². The van der Waals surface area contributed by atoms with E-state index in [1.807, 2.05) is 22.7 Å². The van der Waals surface area contributed by atoms with Crippen LogP contribution in [0, 0.1) is 0 Å². The zero-order valence-corrected chi connectivity index (χ0v) is 12.1. The summed E-state index contributed by atoms with van der Waals surface area (Å²) in [5.41, 5.74) is 1.22. The number of piperazine rings is 1. The van der Waals surface area contributed by atoms with Crippen LogP contribution in [0.3, 0.4) is 0 Å². The summed E-state index contributed by atoms with van der Waals surface area (Å²) >= 11 is 0. The van der Waals surface area contributed by atoms with Gasteiger partial charge in [0.25, 0.3) is 0 Å². The Hall–Kier alpha value is -1.33. The molecular weight excluding hydrogens is 240 g/mol. The molecule has 5 heteroatoms. The first-order chi connectivity index (χ1) is 9.10. The lowest BCUT2D eigenvalue weighted by Crippen LogP contribution is -2.48. The summed E-state index contributed by atoms with van der Waals surface area (Å²) in [5.74, 6) is 0.215. The Morgan fingerprint density at radius 1 is 1.37 bits per heavy atom. The minimum Gasteiger partial charge on any atom is -0.345 e. The first-order valence-electron chi connectivity index (χ1n) is 6.89. The average molecular weight is 264 g/mol. The highest BCUT2D eigenvalue weighted by molar-refractivity contribution is 5.76. The molecule has 0 aromatic carbocycles. The van der Waals surface area contributed by atoms with Gasteiger partial charge in [-0.05, 0) is 32.6 Å². The molecule has 1 aromatic heterocycles. The fourth-order valence-corrected chi connectivity index (χ4v) is 2.29. The summed E-state index contributed by atoms with van der Waals surface area (Å²) in [6, 6.07) is 2.39. The van der Waals surface area contributed by atoms with E-state index in [-0.39, 0.29) is 5.91 Å². The molecule has 1 aliphatic rings. The van der Waals surface area contributed by atoms with Gasteiger partial charge in [-0.15, -0.1) is 0 Å². The van der Waals surface area contributed by atoms with E-state index in [9.17, 15) is 4.79 Å². The van der Waals surface area contributed by atoms with Crippen LogP contribution in [0.25, 0.3) is 0 Å². The van der Waals surface area contributed by atoms with E-state index >= 15 is 0 Å². The lowest BCUT2D eigenvalue weighted by Gasteiger charge is -2.32. The van der Waals surface area contributed by atoms with Crippen LogP contribution in [0.5, 0.6) is 0 Å². The van der Waals surface area contributed by atoms with Gasteiger partial charge in [0.2, 0.25) is 5.91 Å². The Kier molecular flexibility index (Phi) is 4.61. The number of likely N-dealkylation sites (N-methyl/N-ethyl adjacent to an activating group) is 1. The van der Waals surface area contributed by atoms with E-state index < -0.39 is 0 Å². The van der Waals surface area contributed by atoms with Crippen molar-refractivity contribution >= 4 is 5.91 Å². The fraction of sp³-hybridized carbons (Fsp3) is 0.643. The van der Waals surface area contributed by atoms with Crippen molar-refractivity contribution in [2.24, 2.45) is 0 Å². The molecule has 0 spiro atoms. The lowest BCUT2D eigenvalue weighted by atomic mass is 10.2. The van der Waals surface area contributed by atoms with Crippen molar-refractivity contribution < 1.29 is 4.79 Å². The van der Waals surface area contributed by atoms with Crippen molar-refractivity contribution in [2.75, 3.05) is 40.3 Å². The van der Waals surface area contributed by atoms with Crippen molar-refractivity contribution in [3.05, 3.63) is 24.0 Å². The number of nitrogens with zero attached hydrogens (tertiary/aromatic N) is 3. The van der Waals surface area contributed by atoms with Gasteiger partial charge in [-0.1, -0.05) is 0 Å². The standard InChI is InChI=1S/C14H24N4O/c1-12(15-2)13-4-5-17(10-13)11-14(19)18-8-6-16(3)7-9-18/h4-5,10,12,15H,6-9,11H2,1-3H3. The third-order valence-corrected chi connectivity index (χ3v) is 3.88. The van der Waals surface area contributed by atoms with Crippen molar-refractivity contribution in [1.82, 2.24) is 19.7 Å². The number of aromatic nitrogens is 1. The average Bonchev–Trinajstić information content (AvgIpc) is 2.87. The molecule has 0 aliphatic carbocycles. The number of amides is 1. The van der Waals surface area contributed by atoms with Crippen molar-refractivity contribution in [2.45, 2.75) is 19.5 Å². The molecule has 5 nitrogen and oxygen atoms in total. The van der Waals surface area contributed by atoms with Gasteiger partial charge in [-0.25, -0.2) is 0 Å². The summed E-state index contributed by atoms with van der Waals surface area (Å²) in [5, 5.41) is 3.20. The molecule has 0 saturated carbocycles.